The molecule has 1 aliphatic heterocycles. The number of aliphatic hydroxyl groups is 1. The van der Waals surface area contributed by atoms with Crippen LogP contribution in [0.3, 0.4) is 0 Å². The second-order valence-electron chi connectivity index (χ2n) is 7.94. The molecule has 0 aliphatic carbocycles. The minimum absolute atomic E-state index is 0.0224. The van der Waals surface area contributed by atoms with Gasteiger partial charge in [-0.1, -0.05) is 59.6 Å². The molecule has 34 heavy (non-hydrogen) atoms. The maximum Gasteiger partial charge on any atom is 0.319 e. The number of ether oxygens (including phenoxy) is 2. The molecular weight excluding hydrogens is 479 g/mol. The highest BCUT2D eigenvalue weighted by Gasteiger charge is 2.33. The van der Waals surface area contributed by atoms with E-state index < -0.39 is 6.29 Å². The second-order valence-corrected chi connectivity index (χ2v) is 8.65. The molecule has 3 unspecified atom stereocenters. The Labute approximate surface area is 207 Å². The van der Waals surface area contributed by atoms with Crippen LogP contribution in [0, 0.1) is 0 Å². The second kappa shape index (κ2) is 11.2. The van der Waals surface area contributed by atoms with Crippen LogP contribution in [0.15, 0.2) is 54.9 Å². The fourth-order valence-corrected chi connectivity index (χ4v) is 4.14. The van der Waals surface area contributed by atoms with E-state index in [4.69, 9.17) is 32.7 Å². The van der Waals surface area contributed by atoms with Crippen molar-refractivity contribution in [1.29, 1.82) is 0 Å². The van der Waals surface area contributed by atoms with Gasteiger partial charge in [-0.2, -0.15) is 0 Å². The molecule has 2 aromatic carbocycles. The number of rotatable bonds is 7. The lowest BCUT2D eigenvalue weighted by Crippen LogP contribution is -2.32. The normalized spacial score (nSPS) is 20.2. The molecule has 1 fully saturated rings. The average Bonchev–Trinajstić information content (AvgIpc) is 3.16. The molecule has 2 amide bonds. The number of carbonyl (C=O) groups is 1. The Bertz CT molecular complexity index is 1120. The summed E-state index contributed by atoms with van der Waals surface area (Å²) in [6.07, 6.45) is 0.992. The summed E-state index contributed by atoms with van der Waals surface area (Å²) >= 11 is 12.3. The summed E-state index contributed by atoms with van der Waals surface area (Å²) in [5.41, 5.74) is 3.20. The quantitative estimate of drug-likeness (QED) is 0.417. The fourth-order valence-electron chi connectivity index (χ4n) is 3.82. The van der Waals surface area contributed by atoms with Crippen molar-refractivity contribution >= 4 is 34.9 Å². The van der Waals surface area contributed by atoms with E-state index in [-0.39, 0.29) is 30.0 Å². The number of carbonyl (C=O) groups excluding carboxylic acids is 1. The van der Waals surface area contributed by atoms with Gasteiger partial charge in [0.25, 0.3) is 0 Å². The molecule has 1 saturated heterocycles. The minimum atomic E-state index is -0.671. The van der Waals surface area contributed by atoms with E-state index in [0.29, 0.717) is 30.4 Å². The summed E-state index contributed by atoms with van der Waals surface area (Å²) < 4.78 is 14.4. The van der Waals surface area contributed by atoms with Crippen LogP contribution in [-0.2, 0) is 22.6 Å². The van der Waals surface area contributed by atoms with Gasteiger partial charge in [0.15, 0.2) is 11.4 Å². The van der Waals surface area contributed by atoms with Crippen LogP contribution in [0.2, 0.25) is 10.3 Å². The predicted octanol–water partition coefficient (Wildman–Crippen LogP) is 5.07. The fraction of sp³-hybridized carbons (Fsp3) is 0.333. The van der Waals surface area contributed by atoms with Gasteiger partial charge in [-0.15, -0.1) is 0 Å². The van der Waals surface area contributed by atoms with Gasteiger partial charge in [-0.25, -0.2) is 9.78 Å². The highest BCUT2D eigenvalue weighted by atomic mass is 35.5. The molecular formula is C24H26Cl2N4O4. The molecule has 1 aromatic heterocycles. The molecule has 0 saturated carbocycles. The van der Waals surface area contributed by atoms with Crippen molar-refractivity contribution in [3.05, 3.63) is 81.9 Å². The Balaban J connectivity index is 1.58. The van der Waals surface area contributed by atoms with Gasteiger partial charge >= 0.3 is 6.03 Å². The van der Waals surface area contributed by atoms with E-state index in [1.54, 1.807) is 17.0 Å². The van der Waals surface area contributed by atoms with E-state index in [2.05, 4.69) is 15.6 Å². The van der Waals surface area contributed by atoms with Crippen molar-refractivity contribution in [2.45, 2.75) is 45.0 Å². The molecule has 4 rings (SSSR count). The van der Waals surface area contributed by atoms with Crippen molar-refractivity contribution in [1.82, 2.24) is 14.9 Å². The van der Waals surface area contributed by atoms with E-state index in [0.717, 1.165) is 16.7 Å². The Morgan fingerprint density at radius 2 is 1.97 bits per heavy atom. The molecule has 3 N–H and O–H groups in total. The third-order valence-corrected chi connectivity index (χ3v) is 6.27. The van der Waals surface area contributed by atoms with Crippen molar-refractivity contribution in [3.63, 3.8) is 0 Å². The molecule has 0 spiro atoms. The lowest BCUT2D eigenvalue weighted by atomic mass is 10.00. The van der Waals surface area contributed by atoms with Gasteiger partial charge in [0, 0.05) is 24.2 Å². The number of halogens is 2. The van der Waals surface area contributed by atoms with Crippen molar-refractivity contribution < 1.29 is 19.4 Å². The topological polar surface area (TPSA) is 97.6 Å². The number of anilines is 1. The van der Waals surface area contributed by atoms with Crippen LogP contribution < -0.4 is 10.6 Å². The van der Waals surface area contributed by atoms with Gasteiger partial charge in [-0.3, -0.25) is 0 Å². The molecule has 3 atom stereocenters. The predicted molar refractivity (Wildman–Crippen MR) is 130 cm³/mol. The summed E-state index contributed by atoms with van der Waals surface area (Å²) in [6.45, 7) is 2.80. The van der Waals surface area contributed by atoms with Gasteiger partial charge in [-0.05, 0) is 30.2 Å². The number of hydrogen-bond acceptors (Lipinski definition) is 5. The zero-order chi connectivity index (χ0) is 24.1. The molecule has 0 radical (unpaired) electrons. The van der Waals surface area contributed by atoms with Crippen LogP contribution in [0.25, 0.3) is 0 Å². The molecule has 10 heteroatoms. The number of urea groups is 1. The maximum absolute atomic E-state index is 11.9. The highest BCUT2D eigenvalue weighted by Crippen LogP contribution is 2.39. The van der Waals surface area contributed by atoms with Crippen LogP contribution in [0.5, 0.6) is 0 Å². The van der Waals surface area contributed by atoms with E-state index in [1.165, 1.54) is 0 Å². The van der Waals surface area contributed by atoms with Crippen LogP contribution in [-0.4, -0.2) is 33.3 Å². The minimum Gasteiger partial charge on any atom is -0.392 e. The maximum atomic E-state index is 11.9. The first-order valence-corrected chi connectivity index (χ1v) is 11.7. The van der Waals surface area contributed by atoms with Crippen molar-refractivity contribution in [2.24, 2.45) is 0 Å². The Morgan fingerprint density at radius 1 is 1.18 bits per heavy atom. The molecule has 3 aromatic rings. The Kier molecular flexibility index (Phi) is 8.07. The molecule has 8 nitrogen and oxygen atoms in total. The number of aromatic nitrogens is 2. The summed E-state index contributed by atoms with van der Waals surface area (Å²) in [5.74, 6) is 0. The van der Waals surface area contributed by atoms with Crippen molar-refractivity contribution in [2.75, 3.05) is 11.9 Å². The summed E-state index contributed by atoms with van der Waals surface area (Å²) in [5, 5.41) is 15.5. The number of imidazole rings is 1. The lowest BCUT2D eigenvalue weighted by Gasteiger charge is -2.36. The smallest absolute Gasteiger partial charge is 0.319 e. The summed E-state index contributed by atoms with van der Waals surface area (Å²) in [7, 11) is 0. The van der Waals surface area contributed by atoms with Gasteiger partial charge in [0.1, 0.15) is 5.15 Å². The zero-order valence-electron chi connectivity index (χ0n) is 18.6. The van der Waals surface area contributed by atoms with Crippen LogP contribution in [0.4, 0.5) is 10.5 Å². The standard InChI is InChI=1S/C24H26Cl2N4O4/c1-2-27-24(32)29-18-5-3-4-17(10-18)23-33-19(12-30-14-28-21(25)22(30)26)11-20(34-23)16-8-6-15(13-31)7-9-16/h3-10,14,19-20,23,31H,2,11-13H2,1H3,(H2,27,29,32). The number of amides is 2. The van der Waals surface area contributed by atoms with Crippen LogP contribution in [0.1, 0.15) is 42.4 Å². The van der Waals surface area contributed by atoms with E-state index in [1.807, 2.05) is 49.4 Å². The first-order chi connectivity index (χ1) is 16.5. The van der Waals surface area contributed by atoms with Gasteiger partial charge in [0.05, 0.1) is 31.7 Å². The molecule has 180 valence electrons. The van der Waals surface area contributed by atoms with Gasteiger partial charge in [0.2, 0.25) is 0 Å². The third kappa shape index (κ3) is 5.89. The number of nitrogens with zero attached hydrogens (tertiary/aromatic N) is 2. The first kappa shape index (κ1) is 24.5. The molecule has 0 bridgehead atoms. The average molecular weight is 505 g/mol. The van der Waals surface area contributed by atoms with Gasteiger partial charge < -0.3 is 29.8 Å². The summed E-state index contributed by atoms with van der Waals surface area (Å²) in [4.78, 5) is 16.0. The number of benzene rings is 2. The first-order valence-electron chi connectivity index (χ1n) is 11.0. The molecule has 1 aliphatic rings. The number of aliphatic hydroxyl groups excluding tert-OH is 1. The summed E-state index contributed by atoms with van der Waals surface area (Å²) in [6, 6.07) is 14.7. The van der Waals surface area contributed by atoms with E-state index in [9.17, 15) is 9.90 Å². The van der Waals surface area contributed by atoms with E-state index >= 15 is 0 Å². The molecule has 2 heterocycles. The Morgan fingerprint density at radius 3 is 2.65 bits per heavy atom. The highest BCUT2D eigenvalue weighted by molar-refractivity contribution is 6.40. The zero-order valence-corrected chi connectivity index (χ0v) is 20.1. The SMILES string of the molecule is CCNC(=O)Nc1cccc(C2OC(Cn3cnc(Cl)c3Cl)CC(c3ccc(CO)cc3)O2)c1. The Hall–Kier alpha value is -2.62. The van der Waals surface area contributed by atoms with Crippen molar-refractivity contribution in [3.8, 4) is 0 Å². The van der Waals surface area contributed by atoms with Crippen LogP contribution >= 0.6 is 23.2 Å². The number of nitrogens with one attached hydrogen (secondary N) is 2. The largest absolute Gasteiger partial charge is 0.392 e. The lowest BCUT2D eigenvalue weighted by molar-refractivity contribution is -0.252. The third-order valence-electron chi connectivity index (χ3n) is 5.50. The monoisotopic (exact) mass is 504 g/mol. The number of hydrogen-bond donors (Lipinski definition) is 3.